The number of carbonyl (C=O) groups is 1. The number of carbonyl (C=O) groups excluding carboxylic acids is 1. The molecule has 1 atom stereocenters. The maximum atomic E-state index is 12.4. The highest BCUT2D eigenvalue weighted by molar-refractivity contribution is 7.19. The zero-order valence-corrected chi connectivity index (χ0v) is 16.9. The van der Waals surface area contributed by atoms with Crippen molar-refractivity contribution < 1.29 is 14.6 Å². The fourth-order valence-electron chi connectivity index (χ4n) is 3.37. The summed E-state index contributed by atoms with van der Waals surface area (Å²) in [5, 5.41) is 15.9. The summed E-state index contributed by atoms with van der Waals surface area (Å²) in [5.74, 6) is 0.553. The first kappa shape index (κ1) is 19.1. The number of benzene rings is 1. The number of ether oxygens (including phenoxy) is 1. The molecule has 1 amide bonds. The Bertz CT molecular complexity index is 1040. The molecule has 0 saturated carbocycles. The molecule has 1 aliphatic heterocycles. The van der Waals surface area contributed by atoms with Crippen LogP contribution in [0.4, 0.5) is 0 Å². The lowest BCUT2D eigenvalue weighted by atomic mass is 10.0. The molecule has 3 N–H and O–H groups in total. The number of aliphatic hydroxyl groups excluding tert-OH is 1. The Kier molecular flexibility index (Phi) is 5.50. The van der Waals surface area contributed by atoms with Crippen LogP contribution in [-0.2, 0) is 17.8 Å². The molecular formula is C20H20ClN3O3S. The van der Waals surface area contributed by atoms with Crippen molar-refractivity contribution in [1.29, 1.82) is 0 Å². The Morgan fingerprint density at radius 1 is 1.36 bits per heavy atom. The second kappa shape index (κ2) is 8.05. The number of rotatable bonds is 6. The number of thiophene rings is 1. The van der Waals surface area contributed by atoms with Gasteiger partial charge in [-0.15, -0.1) is 11.3 Å². The van der Waals surface area contributed by atoms with Crippen LogP contribution in [0.25, 0.3) is 21.3 Å². The quantitative estimate of drug-likeness (QED) is 0.537. The number of aromatic nitrogens is 1. The predicted octanol–water partition coefficient (Wildman–Crippen LogP) is 2.75. The Balaban J connectivity index is 1.71. The molecule has 0 radical (unpaired) electrons. The molecule has 0 unspecified atom stereocenters. The van der Waals surface area contributed by atoms with Crippen LogP contribution in [0.3, 0.4) is 0 Å². The molecule has 0 aliphatic carbocycles. The minimum Gasteiger partial charge on any atom is -0.479 e. The number of hydrogen-bond donors (Lipinski definition) is 3. The second-order valence-corrected chi connectivity index (χ2v) is 8.16. The zero-order chi connectivity index (χ0) is 19.7. The summed E-state index contributed by atoms with van der Waals surface area (Å²) >= 11 is 7.87. The van der Waals surface area contributed by atoms with E-state index in [2.05, 4.69) is 15.6 Å². The number of nitrogens with zero attached hydrogens (tertiary/aromatic N) is 1. The van der Waals surface area contributed by atoms with Crippen molar-refractivity contribution in [3.8, 4) is 16.9 Å². The molecule has 3 aromatic rings. The molecule has 1 aliphatic rings. The van der Waals surface area contributed by atoms with Crippen molar-refractivity contribution in [2.75, 3.05) is 20.1 Å². The number of amides is 1. The molecule has 146 valence electrons. The molecule has 0 saturated heterocycles. The average molecular weight is 418 g/mol. The van der Waals surface area contributed by atoms with Crippen LogP contribution in [0.15, 0.2) is 30.5 Å². The van der Waals surface area contributed by atoms with E-state index in [9.17, 15) is 9.90 Å². The van der Waals surface area contributed by atoms with Crippen molar-refractivity contribution in [2.45, 2.75) is 19.1 Å². The second-order valence-electron chi connectivity index (χ2n) is 6.59. The SMILES string of the molecule is CNCCNC(=O)[C@H]1Cc2cc(Cl)cc(-c3ccnc4cc(CO)sc34)c2O1. The van der Waals surface area contributed by atoms with Crippen LogP contribution in [0.1, 0.15) is 10.4 Å². The lowest BCUT2D eigenvalue weighted by molar-refractivity contribution is -0.127. The van der Waals surface area contributed by atoms with Crippen LogP contribution in [0.2, 0.25) is 5.02 Å². The Morgan fingerprint density at radius 3 is 3.00 bits per heavy atom. The molecular weight excluding hydrogens is 398 g/mol. The van der Waals surface area contributed by atoms with E-state index in [4.69, 9.17) is 16.3 Å². The van der Waals surface area contributed by atoms with Crippen LogP contribution >= 0.6 is 22.9 Å². The monoisotopic (exact) mass is 417 g/mol. The minimum absolute atomic E-state index is 0.0283. The smallest absolute Gasteiger partial charge is 0.261 e. The van der Waals surface area contributed by atoms with Crippen molar-refractivity contribution in [1.82, 2.24) is 15.6 Å². The fraction of sp³-hybridized carbons (Fsp3) is 0.300. The Hall–Kier alpha value is -2.19. The molecule has 0 bridgehead atoms. The molecule has 6 nitrogen and oxygen atoms in total. The molecule has 4 rings (SSSR count). The summed E-state index contributed by atoms with van der Waals surface area (Å²) in [5.41, 5.74) is 3.51. The van der Waals surface area contributed by atoms with E-state index < -0.39 is 6.10 Å². The first-order chi connectivity index (χ1) is 13.6. The van der Waals surface area contributed by atoms with Gasteiger partial charge >= 0.3 is 0 Å². The third kappa shape index (κ3) is 3.58. The summed E-state index contributed by atoms with van der Waals surface area (Å²) in [7, 11) is 1.84. The standard InChI is InChI=1S/C20H20ClN3O3S/c1-22-4-5-24-20(26)17-7-11-6-12(21)8-15(18(11)27-17)14-2-3-23-16-9-13(10-25)28-19(14)16/h2-3,6,8-9,17,22,25H,4-5,7,10H2,1H3,(H,24,26)/t17-/m1/s1. The van der Waals surface area contributed by atoms with Gasteiger partial charge in [-0.3, -0.25) is 9.78 Å². The van der Waals surface area contributed by atoms with Gasteiger partial charge in [-0.05, 0) is 31.3 Å². The van der Waals surface area contributed by atoms with Crippen molar-refractivity contribution in [2.24, 2.45) is 0 Å². The van der Waals surface area contributed by atoms with Crippen LogP contribution < -0.4 is 15.4 Å². The van der Waals surface area contributed by atoms with Gasteiger partial charge in [0, 0.05) is 52.3 Å². The highest BCUT2D eigenvalue weighted by Crippen LogP contribution is 2.44. The van der Waals surface area contributed by atoms with Crippen molar-refractivity contribution in [3.63, 3.8) is 0 Å². The van der Waals surface area contributed by atoms with E-state index in [-0.39, 0.29) is 12.5 Å². The van der Waals surface area contributed by atoms with Crippen molar-refractivity contribution >= 4 is 39.1 Å². The first-order valence-electron chi connectivity index (χ1n) is 9.00. The predicted molar refractivity (Wildman–Crippen MR) is 111 cm³/mol. The van der Waals surface area contributed by atoms with E-state index in [1.165, 1.54) is 11.3 Å². The summed E-state index contributed by atoms with van der Waals surface area (Å²) in [6.07, 6.45) is 1.64. The first-order valence-corrected chi connectivity index (χ1v) is 10.2. The average Bonchev–Trinajstić information content (AvgIpc) is 3.30. The number of likely N-dealkylation sites (N-methyl/N-ethyl adjacent to an activating group) is 1. The lowest BCUT2D eigenvalue weighted by Crippen LogP contribution is -2.40. The molecule has 1 aromatic carbocycles. The van der Waals surface area contributed by atoms with Crippen LogP contribution in [-0.4, -0.2) is 42.2 Å². The Morgan fingerprint density at radius 2 is 2.21 bits per heavy atom. The van der Waals surface area contributed by atoms with Crippen LogP contribution in [0, 0.1) is 0 Å². The van der Waals surface area contributed by atoms with Gasteiger partial charge in [0.1, 0.15) is 5.75 Å². The molecule has 2 aromatic heterocycles. The van der Waals surface area contributed by atoms with E-state index in [1.54, 1.807) is 6.20 Å². The normalized spacial score (nSPS) is 15.5. The number of hydrogen-bond acceptors (Lipinski definition) is 6. The molecule has 8 heteroatoms. The van der Waals surface area contributed by atoms with E-state index in [1.807, 2.05) is 31.3 Å². The maximum Gasteiger partial charge on any atom is 0.261 e. The van der Waals surface area contributed by atoms with E-state index in [0.717, 1.165) is 31.8 Å². The van der Waals surface area contributed by atoms with Gasteiger partial charge in [-0.2, -0.15) is 0 Å². The van der Waals surface area contributed by atoms with Gasteiger partial charge in [0.05, 0.1) is 16.8 Å². The van der Waals surface area contributed by atoms with Gasteiger partial charge in [-0.1, -0.05) is 11.6 Å². The molecule has 28 heavy (non-hydrogen) atoms. The molecule has 0 fully saturated rings. The maximum absolute atomic E-state index is 12.4. The van der Waals surface area contributed by atoms with Crippen molar-refractivity contribution in [3.05, 3.63) is 45.9 Å². The lowest BCUT2D eigenvalue weighted by Gasteiger charge is -2.13. The largest absolute Gasteiger partial charge is 0.479 e. The van der Waals surface area contributed by atoms with E-state index in [0.29, 0.717) is 30.3 Å². The molecule has 0 spiro atoms. The third-order valence-corrected chi connectivity index (χ3v) is 6.03. The highest BCUT2D eigenvalue weighted by atomic mass is 35.5. The summed E-state index contributed by atoms with van der Waals surface area (Å²) in [4.78, 5) is 17.7. The van der Waals surface area contributed by atoms with Gasteiger partial charge in [-0.25, -0.2) is 0 Å². The number of nitrogens with one attached hydrogen (secondary N) is 2. The van der Waals surface area contributed by atoms with Gasteiger partial charge in [0.15, 0.2) is 6.10 Å². The summed E-state index contributed by atoms with van der Waals surface area (Å²) in [6.45, 7) is 1.21. The number of pyridine rings is 1. The third-order valence-electron chi connectivity index (χ3n) is 4.67. The summed E-state index contributed by atoms with van der Waals surface area (Å²) in [6, 6.07) is 7.50. The van der Waals surface area contributed by atoms with Crippen LogP contribution in [0.5, 0.6) is 5.75 Å². The van der Waals surface area contributed by atoms with Gasteiger partial charge < -0.3 is 20.5 Å². The van der Waals surface area contributed by atoms with E-state index >= 15 is 0 Å². The number of aliphatic hydroxyl groups is 1. The minimum atomic E-state index is -0.572. The van der Waals surface area contributed by atoms with Gasteiger partial charge in [0.25, 0.3) is 5.91 Å². The zero-order valence-electron chi connectivity index (χ0n) is 15.3. The Labute approximate surface area is 171 Å². The highest BCUT2D eigenvalue weighted by Gasteiger charge is 2.32. The number of halogens is 1. The number of fused-ring (bicyclic) bond motifs is 2. The summed E-state index contributed by atoms with van der Waals surface area (Å²) < 4.78 is 7.03. The fourth-order valence-corrected chi connectivity index (χ4v) is 4.62. The van der Waals surface area contributed by atoms with Gasteiger partial charge in [0.2, 0.25) is 0 Å². The molecule has 3 heterocycles. The topological polar surface area (TPSA) is 83.5 Å².